The van der Waals surface area contributed by atoms with Crippen molar-refractivity contribution in [2.24, 2.45) is 5.73 Å². The van der Waals surface area contributed by atoms with E-state index in [1.165, 1.54) is 4.31 Å². The van der Waals surface area contributed by atoms with E-state index in [4.69, 9.17) is 10.5 Å². The Kier molecular flexibility index (Phi) is 5.43. The van der Waals surface area contributed by atoms with Gasteiger partial charge in [-0.1, -0.05) is 22.0 Å². The normalized spacial score (nSPS) is 24.2. The van der Waals surface area contributed by atoms with Crippen molar-refractivity contribution in [3.63, 3.8) is 0 Å². The number of piperidine rings is 1. The van der Waals surface area contributed by atoms with Crippen LogP contribution in [0.25, 0.3) is 0 Å². The molecule has 1 aromatic carbocycles. The Morgan fingerprint density at radius 2 is 2.19 bits per heavy atom. The summed E-state index contributed by atoms with van der Waals surface area (Å²) in [7, 11) is -1.89. The molecule has 1 heterocycles. The highest BCUT2D eigenvalue weighted by Gasteiger charge is 2.36. The number of nitrogens with two attached hydrogens (primary N) is 1. The molecule has 0 aromatic heterocycles. The predicted octanol–water partition coefficient (Wildman–Crippen LogP) is 1.88. The van der Waals surface area contributed by atoms with E-state index in [-0.39, 0.29) is 12.1 Å². The number of rotatable bonds is 4. The van der Waals surface area contributed by atoms with Gasteiger partial charge < -0.3 is 10.5 Å². The lowest BCUT2D eigenvalue weighted by Crippen LogP contribution is -2.51. The average Bonchev–Trinajstić information content (AvgIpc) is 2.48. The maximum atomic E-state index is 12.9. The molecule has 2 N–H and O–H groups in total. The molecule has 1 aliphatic heterocycles. The largest absolute Gasteiger partial charge is 0.381 e. The lowest BCUT2D eigenvalue weighted by molar-refractivity contribution is 0.0401. The molecular formula is C14H21BrN2O3S. The summed E-state index contributed by atoms with van der Waals surface area (Å²) in [6, 6.07) is 5.08. The lowest BCUT2D eigenvalue weighted by atomic mass is 10.0. The van der Waals surface area contributed by atoms with Crippen LogP contribution in [0.4, 0.5) is 0 Å². The van der Waals surface area contributed by atoms with Crippen LogP contribution in [-0.2, 0) is 14.8 Å². The van der Waals surface area contributed by atoms with Crippen LogP contribution in [0.1, 0.15) is 18.4 Å². The molecule has 0 bridgehead atoms. The smallest absolute Gasteiger partial charge is 0.243 e. The Balaban J connectivity index is 2.36. The van der Waals surface area contributed by atoms with Crippen molar-refractivity contribution in [2.45, 2.75) is 36.8 Å². The Morgan fingerprint density at radius 3 is 2.81 bits per heavy atom. The monoisotopic (exact) mass is 376 g/mol. The fourth-order valence-corrected chi connectivity index (χ4v) is 5.14. The molecule has 0 amide bonds. The summed E-state index contributed by atoms with van der Waals surface area (Å²) in [4.78, 5) is 0.339. The van der Waals surface area contributed by atoms with Crippen molar-refractivity contribution in [1.29, 1.82) is 0 Å². The highest BCUT2D eigenvalue weighted by molar-refractivity contribution is 9.10. The second-order valence-corrected chi connectivity index (χ2v) is 8.07. The Hall–Kier alpha value is -0.470. The molecule has 118 valence electrons. The molecule has 1 aromatic rings. The first-order chi connectivity index (χ1) is 9.90. The van der Waals surface area contributed by atoms with E-state index >= 15 is 0 Å². The molecule has 5 nitrogen and oxygen atoms in total. The van der Waals surface area contributed by atoms with Gasteiger partial charge in [-0.25, -0.2) is 8.42 Å². The number of halogens is 1. The number of hydrogen-bond donors (Lipinski definition) is 1. The summed E-state index contributed by atoms with van der Waals surface area (Å²) in [6.07, 6.45) is 1.41. The Labute approximate surface area is 134 Å². The minimum absolute atomic E-state index is 0.0774. The van der Waals surface area contributed by atoms with Gasteiger partial charge in [0.25, 0.3) is 0 Å². The van der Waals surface area contributed by atoms with Gasteiger partial charge in [-0.15, -0.1) is 0 Å². The minimum atomic E-state index is -3.54. The van der Waals surface area contributed by atoms with Gasteiger partial charge in [0.2, 0.25) is 10.0 Å². The zero-order valence-corrected chi connectivity index (χ0v) is 14.7. The van der Waals surface area contributed by atoms with Crippen molar-refractivity contribution in [3.8, 4) is 0 Å². The molecule has 2 unspecified atom stereocenters. The molecule has 2 rings (SSSR count). The summed E-state index contributed by atoms with van der Waals surface area (Å²) in [5.41, 5.74) is 6.52. The first-order valence-corrected chi connectivity index (χ1v) is 9.14. The summed E-state index contributed by atoms with van der Waals surface area (Å²) >= 11 is 3.34. The molecule has 1 aliphatic rings. The van der Waals surface area contributed by atoms with Crippen LogP contribution in [0.2, 0.25) is 0 Å². The highest BCUT2D eigenvalue weighted by atomic mass is 79.9. The van der Waals surface area contributed by atoms with Crippen molar-refractivity contribution in [1.82, 2.24) is 4.31 Å². The van der Waals surface area contributed by atoms with E-state index in [0.29, 0.717) is 30.8 Å². The van der Waals surface area contributed by atoms with E-state index in [1.54, 1.807) is 26.2 Å². The highest BCUT2D eigenvalue weighted by Crippen LogP contribution is 2.29. The molecule has 2 atom stereocenters. The van der Waals surface area contributed by atoms with Crippen LogP contribution in [0.3, 0.4) is 0 Å². The standard InChI is InChI=1S/C14H21BrN2O3S/c1-10-3-4-11(15)7-14(10)21(18,19)17-6-5-13(20-2)8-12(17)9-16/h3-4,7,12-13H,5-6,8-9,16H2,1-2H3. The summed E-state index contributed by atoms with van der Waals surface area (Å²) < 4.78 is 33.5. The van der Waals surface area contributed by atoms with Gasteiger partial charge in [-0.05, 0) is 37.5 Å². The van der Waals surface area contributed by atoms with Gasteiger partial charge in [0.15, 0.2) is 0 Å². The minimum Gasteiger partial charge on any atom is -0.381 e. The van der Waals surface area contributed by atoms with Gasteiger partial charge in [-0.2, -0.15) is 4.31 Å². The van der Waals surface area contributed by atoms with Gasteiger partial charge >= 0.3 is 0 Å². The number of sulfonamides is 1. The molecule has 1 saturated heterocycles. The zero-order valence-electron chi connectivity index (χ0n) is 12.3. The van der Waals surface area contributed by atoms with Gasteiger partial charge in [0, 0.05) is 30.7 Å². The van der Waals surface area contributed by atoms with Crippen LogP contribution >= 0.6 is 15.9 Å². The van der Waals surface area contributed by atoms with Crippen LogP contribution in [-0.4, -0.2) is 45.1 Å². The van der Waals surface area contributed by atoms with Crippen LogP contribution in [0.5, 0.6) is 0 Å². The molecule has 0 aliphatic carbocycles. The SMILES string of the molecule is COC1CCN(S(=O)(=O)c2cc(Br)ccc2C)C(CN)C1. The zero-order chi connectivity index (χ0) is 15.6. The number of nitrogens with zero attached hydrogens (tertiary/aromatic N) is 1. The molecule has 7 heteroatoms. The van der Waals surface area contributed by atoms with Crippen LogP contribution in [0.15, 0.2) is 27.6 Å². The first kappa shape index (κ1) is 16.9. The number of ether oxygens (including phenoxy) is 1. The van der Waals surface area contributed by atoms with Crippen molar-refractivity contribution in [2.75, 3.05) is 20.2 Å². The third-order valence-electron chi connectivity index (χ3n) is 3.96. The van der Waals surface area contributed by atoms with Crippen molar-refractivity contribution >= 4 is 26.0 Å². The number of benzene rings is 1. The van der Waals surface area contributed by atoms with Gasteiger partial charge in [0.1, 0.15) is 0 Å². The second-order valence-electron chi connectivity index (χ2n) is 5.30. The van der Waals surface area contributed by atoms with E-state index in [9.17, 15) is 8.42 Å². The topological polar surface area (TPSA) is 72.6 Å². The van der Waals surface area contributed by atoms with Crippen LogP contribution < -0.4 is 5.73 Å². The Morgan fingerprint density at radius 1 is 1.48 bits per heavy atom. The molecular weight excluding hydrogens is 356 g/mol. The number of methoxy groups -OCH3 is 1. The van der Waals surface area contributed by atoms with Crippen molar-refractivity contribution < 1.29 is 13.2 Å². The first-order valence-electron chi connectivity index (χ1n) is 6.91. The molecule has 21 heavy (non-hydrogen) atoms. The maximum absolute atomic E-state index is 12.9. The van der Waals surface area contributed by atoms with E-state index in [0.717, 1.165) is 10.0 Å². The fourth-order valence-electron chi connectivity index (χ4n) is 2.72. The summed E-state index contributed by atoms with van der Waals surface area (Å²) in [6.45, 7) is 2.54. The average molecular weight is 377 g/mol. The summed E-state index contributed by atoms with van der Waals surface area (Å²) in [5, 5.41) is 0. The van der Waals surface area contributed by atoms with Gasteiger partial charge in [0.05, 0.1) is 11.0 Å². The quantitative estimate of drug-likeness (QED) is 0.870. The number of hydrogen-bond acceptors (Lipinski definition) is 4. The molecule has 0 saturated carbocycles. The van der Waals surface area contributed by atoms with Gasteiger partial charge in [-0.3, -0.25) is 0 Å². The molecule has 0 radical (unpaired) electrons. The van der Waals surface area contributed by atoms with E-state index in [1.807, 2.05) is 6.07 Å². The molecule has 0 spiro atoms. The molecule has 1 fully saturated rings. The van der Waals surface area contributed by atoms with E-state index in [2.05, 4.69) is 15.9 Å². The van der Waals surface area contributed by atoms with Crippen molar-refractivity contribution in [3.05, 3.63) is 28.2 Å². The summed E-state index contributed by atoms with van der Waals surface area (Å²) in [5.74, 6) is 0. The maximum Gasteiger partial charge on any atom is 0.243 e. The predicted molar refractivity (Wildman–Crippen MR) is 85.6 cm³/mol. The second kappa shape index (κ2) is 6.75. The third kappa shape index (κ3) is 3.48. The van der Waals surface area contributed by atoms with Crippen LogP contribution in [0, 0.1) is 6.92 Å². The fraction of sp³-hybridized carbons (Fsp3) is 0.571. The lowest BCUT2D eigenvalue weighted by Gasteiger charge is -2.37. The third-order valence-corrected chi connectivity index (χ3v) is 6.54. The Bertz CT molecular complexity index is 606. The van der Waals surface area contributed by atoms with E-state index < -0.39 is 10.0 Å². The number of aryl methyl sites for hydroxylation is 1.